The van der Waals surface area contributed by atoms with Gasteiger partial charge in [-0.05, 0) is 44.2 Å². The van der Waals surface area contributed by atoms with E-state index < -0.39 is 10.0 Å². The molecule has 1 aliphatic heterocycles. The maximum atomic E-state index is 12.7. The van der Waals surface area contributed by atoms with Crippen molar-refractivity contribution in [2.75, 3.05) is 26.2 Å². The molecule has 1 amide bonds. The van der Waals surface area contributed by atoms with E-state index in [1.54, 1.807) is 29.2 Å². The number of nitrogens with zero attached hydrogens (tertiary/aromatic N) is 3. The largest absolute Gasteiger partial charge is 0.475 e. The lowest BCUT2D eigenvalue weighted by Crippen LogP contribution is -2.50. The van der Waals surface area contributed by atoms with E-state index in [0.717, 1.165) is 0 Å². The van der Waals surface area contributed by atoms with Gasteiger partial charge in [0.05, 0.1) is 16.6 Å². The SMILES string of the molecule is CC(C)Oc1ccc(C(=O)N2CCN(S(=O)(=O)c3ccc(Cl)cc3)CC2)cn1. The van der Waals surface area contributed by atoms with E-state index in [-0.39, 0.29) is 30.0 Å². The lowest BCUT2D eigenvalue weighted by atomic mass is 10.2. The van der Waals surface area contributed by atoms with Crippen molar-refractivity contribution in [1.82, 2.24) is 14.2 Å². The summed E-state index contributed by atoms with van der Waals surface area (Å²) in [4.78, 5) is 18.6. The van der Waals surface area contributed by atoms with Crippen molar-refractivity contribution in [2.45, 2.75) is 24.8 Å². The maximum Gasteiger partial charge on any atom is 0.255 e. The minimum atomic E-state index is -3.60. The molecule has 0 unspecified atom stereocenters. The predicted molar refractivity (Wildman–Crippen MR) is 106 cm³/mol. The summed E-state index contributed by atoms with van der Waals surface area (Å²) >= 11 is 5.83. The van der Waals surface area contributed by atoms with Gasteiger partial charge >= 0.3 is 0 Å². The van der Waals surface area contributed by atoms with Gasteiger partial charge in [-0.1, -0.05) is 11.6 Å². The molecule has 1 saturated heterocycles. The number of ether oxygens (including phenoxy) is 1. The number of halogens is 1. The van der Waals surface area contributed by atoms with E-state index in [2.05, 4.69) is 4.98 Å². The quantitative estimate of drug-likeness (QED) is 0.738. The molecule has 7 nitrogen and oxygen atoms in total. The summed E-state index contributed by atoms with van der Waals surface area (Å²) in [7, 11) is -3.60. The summed E-state index contributed by atoms with van der Waals surface area (Å²) in [6.07, 6.45) is 1.49. The summed E-state index contributed by atoms with van der Waals surface area (Å²) in [5, 5.41) is 0.479. The van der Waals surface area contributed by atoms with Crippen molar-refractivity contribution in [2.24, 2.45) is 0 Å². The minimum absolute atomic E-state index is 0.00437. The molecule has 0 aliphatic carbocycles. The molecule has 0 radical (unpaired) electrons. The molecule has 28 heavy (non-hydrogen) atoms. The predicted octanol–water partition coefficient (Wildman–Crippen LogP) is 2.67. The highest BCUT2D eigenvalue weighted by atomic mass is 35.5. The van der Waals surface area contributed by atoms with Crippen LogP contribution in [-0.4, -0.2) is 60.8 Å². The third-order valence-corrected chi connectivity index (χ3v) is 6.48. The summed E-state index contributed by atoms with van der Waals surface area (Å²) in [6, 6.07) is 9.41. The van der Waals surface area contributed by atoms with Crippen LogP contribution in [0.5, 0.6) is 5.88 Å². The first-order chi connectivity index (χ1) is 13.3. The molecule has 0 saturated carbocycles. The standard InChI is InChI=1S/C19H22ClN3O4S/c1-14(2)27-18-8-3-15(13-21-18)19(24)22-9-11-23(12-10-22)28(25,26)17-6-4-16(20)5-7-17/h3-8,13-14H,9-12H2,1-2H3. The van der Waals surface area contributed by atoms with E-state index >= 15 is 0 Å². The van der Waals surface area contributed by atoms with Gasteiger partial charge < -0.3 is 9.64 Å². The molecular weight excluding hydrogens is 402 g/mol. The molecule has 0 N–H and O–H groups in total. The van der Waals surface area contributed by atoms with Crippen LogP contribution in [0.3, 0.4) is 0 Å². The summed E-state index contributed by atoms with van der Waals surface area (Å²) in [6.45, 7) is 4.90. The van der Waals surface area contributed by atoms with Crippen LogP contribution < -0.4 is 4.74 Å². The first-order valence-corrected chi connectivity index (χ1v) is 10.8. The number of hydrogen-bond donors (Lipinski definition) is 0. The van der Waals surface area contributed by atoms with Crippen LogP contribution in [0.25, 0.3) is 0 Å². The number of carbonyl (C=O) groups excluding carboxylic acids is 1. The van der Waals surface area contributed by atoms with E-state index in [0.29, 0.717) is 29.6 Å². The molecule has 0 atom stereocenters. The van der Waals surface area contributed by atoms with Crippen LogP contribution in [0, 0.1) is 0 Å². The molecular formula is C19H22ClN3O4S. The Morgan fingerprint density at radius 1 is 1.07 bits per heavy atom. The minimum Gasteiger partial charge on any atom is -0.475 e. The van der Waals surface area contributed by atoms with Crippen molar-refractivity contribution in [3.8, 4) is 5.88 Å². The molecule has 150 valence electrons. The van der Waals surface area contributed by atoms with E-state index in [1.807, 2.05) is 13.8 Å². The number of carbonyl (C=O) groups is 1. The summed E-state index contributed by atoms with van der Waals surface area (Å²) in [5.74, 6) is 0.289. The number of hydrogen-bond acceptors (Lipinski definition) is 5. The maximum absolute atomic E-state index is 12.7. The molecule has 9 heteroatoms. The third kappa shape index (κ3) is 4.63. The van der Waals surface area contributed by atoms with Crippen LogP contribution in [-0.2, 0) is 10.0 Å². The smallest absolute Gasteiger partial charge is 0.255 e. The lowest BCUT2D eigenvalue weighted by Gasteiger charge is -2.34. The monoisotopic (exact) mass is 423 g/mol. The van der Waals surface area contributed by atoms with Gasteiger partial charge in [-0.25, -0.2) is 13.4 Å². The normalized spacial score (nSPS) is 15.6. The highest BCUT2D eigenvalue weighted by Gasteiger charge is 2.30. The number of benzene rings is 1. The van der Waals surface area contributed by atoms with Crippen LogP contribution >= 0.6 is 11.6 Å². The number of aromatic nitrogens is 1. The number of sulfonamides is 1. The third-order valence-electron chi connectivity index (χ3n) is 4.32. The summed E-state index contributed by atoms with van der Waals surface area (Å²) in [5.41, 5.74) is 0.449. The van der Waals surface area contributed by atoms with Crippen molar-refractivity contribution in [3.63, 3.8) is 0 Å². The topological polar surface area (TPSA) is 79.8 Å². The van der Waals surface area contributed by atoms with Gasteiger partial charge in [-0.3, -0.25) is 4.79 Å². The van der Waals surface area contributed by atoms with E-state index in [9.17, 15) is 13.2 Å². The lowest BCUT2D eigenvalue weighted by molar-refractivity contribution is 0.0697. The molecule has 3 rings (SSSR count). The van der Waals surface area contributed by atoms with Crippen molar-refractivity contribution in [3.05, 3.63) is 53.2 Å². The van der Waals surface area contributed by atoms with Gasteiger partial charge in [-0.15, -0.1) is 0 Å². The average molecular weight is 424 g/mol. The van der Waals surface area contributed by atoms with Crippen molar-refractivity contribution >= 4 is 27.5 Å². The fraction of sp³-hybridized carbons (Fsp3) is 0.368. The van der Waals surface area contributed by atoms with Gasteiger partial charge in [0, 0.05) is 43.5 Å². The van der Waals surface area contributed by atoms with Crippen molar-refractivity contribution in [1.29, 1.82) is 0 Å². The second-order valence-electron chi connectivity index (χ2n) is 6.70. The Hall–Kier alpha value is -2.16. The Morgan fingerprint density at radius 3 is 2.25 bits per heavy atom. The second kappa shape index (κ2) is 8.46. The molecule has 1 aromatic carbocycles. The first-order valence-electron chi connectivity index (χ1n) is 8.95. The number of pyridine rings is 1. The Balaban J connectivity index is 1.63. The molecule has 1 aliphatic rings. The Bertz CT molecular complexity index is 923. The Kier molecular flexibility index (Phi) is 6.22. The van der Waals surface area contributed by atoms with Gasteiger partial charge in [0.2, 0.25) is 15.9 Å². The zero-order valence-electron chi connectivity index (χ0n) is 15.7. The Morgan fingerprint density at radius 2 is 1.71 bits per heavy atom. The van der Waals surface area contributed by atoms with Gasteiger partial charge in [-0.2, -0.15) is 4.31 Å². The fourth-order valence-electron chi connectivity index (χ4n) is 2.89. The Labute approximate surface area is 169 Å². The number of amides is 1. The van der Waals surface area contributed by atoms with Crippen LogP contribution in [0.1, 0.15) is 24.2 Å². The molecule has 0 spiro atoms. The molecule has 1 aromatic heterocycles. The fourth-order valence-corrected chi connectivity index (χ4v) is 4.44. The molecule has 2 aromatic rings. The average Bonchev–Trinajstić information content (AvgIpc) is 2.68. The zero-order valence-corrected chi connectivity index (χ0v) is 17.3. The van der Waals surface area contributed by atoms with Gasteiger partial charge in [0.15, 0.2) is 0 Å². The number of piperazine rings is 1. The van der Waals surface area contributed by atoms with Crippen molar-refractivity contribution < 1.29 is 17.9 Å². The molecule has 1 fully saturated rings. The molecule has 0 bridgehead atoms. The number of rotatable bonds is 5. The summed E-state index contributed by atoms with van der Waals surface area (Å²) < 4.78 is 32.3. The highest BCUT2D eigenvalue weighted by Crippen LogP contribution is 2.20. The molecule has 2 heterocycles. The van der Waals surface area contributed by atoms with Gasteiger partial charge in [0.1, 0.15) is 0 Å². The van der Waals surface area contributed by atoms with E-state index in [4.69, 9.17) is 16.3 Å². The zero-order chi connectivity index (χ0) is 20.3. The van der Waals surface area contributed by atoms with Crippen LogP contribution in [0.2, 0.25) is 5.02 Å². The van der Waals surface area contributed by atoms with E-state index in [1.165, 1.54) is 22.6 Å². The van der Waals surface area contributed by atoms with Crippen LogP contribution in [0.15, 0.2) is 47.5 Å². The van der Waals surface area contributed by atoms with Crippen LogP contribution in [0.4, 0.5) is 0 Å². The van der Waals surface area contributed by atoms with Gasteiger partial charge in [0.25, 0.3) is 5.91 Å². The second-order valence-corrected chi connectivity index (χ2v) is 9.08. The highest BCUT2D eigenvalue weighted by molar-refractivity contribution is 7.89. The first kappa shape index (κ1) is 20.6.